The number of carbonyl (C=O) groups is 1. The molecule has 0 bridgehead atoms. The minimum absolute atomic E-state index is 0.121. The Morgan fingerprint density at radius 2 is 2.42 bits per heavy atom. The smallest absolute Gasteiger partial charge is 0.232 e. The van der Waals surface area contributed by atoms with Crippen LogP contribution in [0.1, 0.15) is 10.4 Å². The van der Waals surface area contributed by atoms with E-state index in [9.17, 15) is 9.18 Å². The van der Waals surface area contributed by atoms with E-state index in [2.05, 4.69) is 20.9 Å². The number of pyridine rings is 1. The highest BCUT2D eigenvalue weighted by molar-refractivity contribution is 9.09. The fraction of sp³-hybridized carbons (Fsp3) is 0.143. The summed E-state index contributed by atoms with van der Waals surface area (Å²) in [6, 6.07) is 1.38. The third-order valence-corrected chi connectivity index (χ3v) is 2.14. The highest BCUT2D eigenvalue weighted by atomic mass is 79.9. The zero-order chi connectivity index (χ0) is 9.14. The van der Waals surface area contributed by atoms with Crippen molar-refractivity contribution in [2.45, 2.75) is 0 Å². The molecule has 0 spiro atoms. The molecule has 0 saturated heterocycles. The van der Waals surface area contributed by atoms with Gasteiger partial charge in [-0.25, -0.2) is 4.98 Å². The van der Waals surface area contributed by atoms with Crippen molar-refractivity contribution in [2.24, 2.45) is 0 Å². The molecule has 64 valence electrons. The van der Waals surface area contributed by atoms with Gasteiger partial charge in [0.15, 0.2) is 5.78 Å². The van der Waals surface area contributed by atoms with Crippen LogP contribution in [0.15, 0.2) is 12.3 Å². The molecule has 1 heterocycles. The van der Waals surface area contributed by atoms with Crippen LogP contribution >= 0.6 is 27.5 Å². The highest BCUT2D eigenvalue weighted by Crippen LogP contribution is 2.18. The largest absolute Gasteiger partial charge is 0.293 e. The van der Waals surface area contributed by atoms with Gasteiger partial charge in [0.25, 0.3) is 0 Å². The van der Waals surface area contributed by atoms with E-state index in [4.69, 9.17) is 11.6 Å². The number of hydrogen-bond acceptors (Lipinski definition) is 2. The molecule has 1 rings (SSSR count). The van der Waals surface area contributed by atoms with Crippen LogP contribution < -0.4 is 0 Å². The van der Waals surface area contributed by atoms with Crippen molar-refractivity contribution in [2.75, 3.05) is 5.33 Å². The molecule has 0 atom stereocenters. The number of ketones is 1. The first-order chi connectivity index (χ1) is 5.66. The van der Waals surface area contributed by atoms with Crippen LogP contribution in [0.3, 0.4) is 0 Å². The lowest BCUT2D eigenvalue weighted by molar-refractivity contribution is 0.102. The molecule has 0 aliphatic rings. The third-order valence-electron chi connectivity index (χ3n) is 1.27. The standard InChI is InChI=1S/C7H4BrClFNO/c8-3-5(12)4-1-2-11-7(10)6(4)9/h1-2H,3H2. The van der Waals surface area contributed by atoms with Crippen molar-refractivity contribution in [3.05, 3.63) is 28.8 Å². The predicted octanol–water partition coefficient (Wildman–Crippen LogP) is 2.45. The number of alkyl halides is 1. The number of halogens is 3. The third kappa shape index (κ3) is 1.81. The first kappa shape index (κ1) is 9.61. The minimum atomic E-state index is -0.816. The summed E-state index contributed by atoms with van der Waals surface area (Å²) in [6.07, 6.45) is 1.21. The maximum Gasteiger partial charge on any atom is 0.232 e. The molecule has 0 unspecified atom stereocenters. The Bertz CT molecular complexity index is 318. The Hall–Kier alpha value is -0.480. The maximum atomic E-state index is 12.7. The van der Waals surface area contributed by atoms with Gasteiger partial charge in [0.05, 0.1) is 5.33 Å². The van der Waals surface area contributed by atoms with Gasteiger partial charge >= 0.3 is 0 Å². The van der Waals surface area contributed by atoms with Crippen LogP contribution in [-0.2, 0) is 0 Å². The molecule has 0 aliphatic heterocycles. The lowest BCUT2D eigenvalue weighted by Crippen LogP contribution is -2.02. The molecular weight excluding hydrogens is 248 g/mol. The molecule has 0 amide bonds. The molecule has 0 aliphatic carbocycles. The number of hydrogen-bond donors (Lipinski definition) is 0. The molecule has 1 aromatic rings. The van der Waals surface area contributed by atoms with Gasteiger partial charge in [0.2, 0.25) is 5.95 Å². The summed E-state index contributed by atoms with van der Waals surface area (Å²) >= 11 is 8.45. The van der Waals surface area contributed by atoms with E-state index >= 15 is 0 Å². The second-order valence-corrected chi connectivity index (χ2v) is 2.96. The number of nitrogens with zero attached hydrogens (tertiary/aromatic N) is 1. The van der Waals surface area contributed by atoms with E-state index in [1.165, 1.54) is 12.3 Å². The summed E-state index contributed by atoms with van der Waals surface area (Å²) in [4.78, 5) is 14.4. The van der Waals surface area contributed by atoms with Crippen molar-refractivity contribution in [1.29, 1.82) is 0 Å². The van der Waals surface area contributed by atoms with Crippen LogP contribution in [0.2, 0.25) is 5.02 Å². The molecule has 1 aromatic heterocycles. The maximum absolute atomic E-state index is 12.7. The second kappa shape index (κ2) is 3.96. The predicted molar refractivity (Wildman–Crippen MR) is 47.3 cm³/mol. The number of rotatable bonds is 2. The lowest BCUT2D eigenvalue weighted by Gasteiger charge is -1.99. The highest BCUT2D eigenvalue weighted by Gasteiger charge is 2.12. The molecule has 2 nitrogen and oxygen atoms in total. The van der Waals surface area contributed by atoms with Gasteiger partial charge < -0.3 is 0 Å². The molecule has 0 aromatic carbocycles. The average Bonchev–Trinajstić information content (AvgIpc) is 2.08. The summed E-state index contributed by atoms with van der Waals surface area (Å²) in [7, 11) is 0. The van der Waals surface area contributed by atoms with Gasteiger partial charge in [-0.1, -0.05) is 27.5 Å². The average molecular weight is 252 g/mol. The fourth-order valence-corrected chi connectivity index (χ4v) is 1.22. The van der Waals surface area contributed by atoms with E-state index in [1.807, 2.05) is 0 Å². The normalized spacial score (nSPS) is 9.92. The van der Waals surface area contributed by atoms with Crippen molar-refractivity contribution >= 4 is 33.3 Å². The van der Waals surface area contributed by atoms with Gasteiger partial charge in [-0.3, -0.25) is 4.79 Å². The van der Waals surface area contributed by atoms with E-state index in [0.29, 0.717) is 0 Å². The molecule has 12 heavy (non-hydrogen) atoms. The summed E-state index contributed by atoms with van der Waals surface area (Å²) in [5.41, 5.74) is 0.154. The van der Waals surface area contributed by atoms with E-state index in [-0.39, 0.29) is 21.7 Å². The number of aromatic nitrogens is 1. The van der Waals surface area contributed by atoms with Crippen LogP contribution in [-0.4, -0.2) is 16.1 Å². The fourth-order valence-electron chi connectivity index (χ4n) is 0.706. The summed E-state index contributed by atoms with van der Waals surface area (Å²) < 4.78 is 12.7. The van der Waals surface area contributed by atoms with Crippen LogP contribution in [0, 0.1) is 5.95 Å². The Morgan fingerprint density at radius 3 is 3.00 bits per heavy atom. The van der Waals surface area contributed by atoms with Gasteiger partial charge in [-0.15, -0.1) is 0 Å². The van der Waals surface area contributed by atoms with E-state index < -0.39 is 5.95 Å². The lowest BCUT2D eigenvalue weighted by atomic mass is 10.2. The second-order valence-electron chi connectivity index (χ2n) is 2.02. The summed E-state index contributed by atoms with van der Waals surface area (Å²) in [6.45, 7) is 0. The summed E-state index contributed by atoms with van der Waals surface area (Å²) in [5, 5.41) is -0.0992. The van der Waals surface area contributed by atoms with Crippen molar-refractivity contribution in [1.82, 2.24) is 4.98 Å². The number of Topliss-reactive ketones (excluding diaryl/α,β-unsaturated/α-hetero) is 1. The van der Waals surface area contributed by atoms with Gasteiger partial charge in [0.1, 0.15) is 5.02 Å². The van der Waals surface area contributed by atoms with Gasteiger partial charge in [-0.2, -0.15) is 4.39 Å². The zero-order valence-electron chi connectivity index (χ0n) is 5.85. The Balaban J connectivity index is 3.16. The van der Waals surface area contributed by atoms with Crippen molar-refractivity contribution in [3.8, 4) is 0 Å². The molecule has 0 fully saturated rings. The van der Waals surface area contributed by atoms with Gasteiger partial charge in [-0.05, 0) is 6.07 Å². The van der Waals surface area contributed by atoms with Gasteiger partial charge in [0, 0.05) is 11.8 Å². The Kier molecular flexibility index (Phi) is 3.17. The summed E-state index contributed by atoms with van der Waals surface area (Å²) in [5.74, 6) is -1.08. The minimum Gasteiger partial charge on any atom is -0.293 e. The van der Waals surface area contributed by atoms with Crippen LogP contribution in [0.25, 0.3) is 0 Å². The first-order valence-electron chi connectivity index (χ1n) is 3.06. The topological polar surface area (TPSA) is 30.0 Å². The zero-order valence-corrected chi connectivity index (χ0v) is 8.19. The SMILES string of the molecule is O=C(CBr)c1ccnc(F)c1Cl. The molecular formula is C7H4BrClFNO. The quantitative estimate of drug-likeness (QED) is 0.460. The van der Waals surface area contributed by atoms with Crippen LogP contribution in [0.4, 0.5) is 4.39 Å². The van der Waals surface area contributed by atoms with E-state index in [0.717, 1.165) is 0 Å². The van der Waals surface area contributed by atoms with Crippen molar-refractivity contribution in [3.63, 3.8) is 0 Å². The molecule has 0 N–H and O–H groups in total. The Labute approximate surface area is 81.9 Å². The molecule has 5 heteroatoms. The van der Waals surface area contributed by atoms with E-state index in [1.54, 1.807) is 0 Å². The van der Waals surface area contributed by atoms with Crippen molar-refractivity contribution < 1.29 is 9.18 Å². The first-order valence-corrected chi connectivity index (χ1v) is 4.56. The Morgan fingerprint density at radius 1 is 1.75 bits per heavy atom. The molecule has 0 saturated carbocycles. The molecule has 0 radical (unpaired) electrons. The monoisotopic (exact) mass is 251 g/mol. The van der Waals surface area contributed by atoms with Crippen LogP contribution in [0.5, 0.6) is 0 Å². The number of carbonyl (C=O) groups excluding carboxylic acids is 1.